The molecular weight excluding hydrogens is 318 g/mol. The molecule has 0 unspecified atom stereocenters. The van der Waals surface area contributed by atoms with Crippen molar-refractivity contribution in [2.45, 2.75) is 0 Å². The van der Waals surface area contributed by atoms with Crippen LogP contribution in [0, 0.1) is 0 Å². The highest BCUT2D eigenvalue weighted by Gasteiger charge is 2.09. The van der Waals surface area contributed by atoms with Crippen LogP contribution in [0.25, 0.3) is 11.1 Å². The molecule has 0 aliphatic rings. The molecule has 0 fully saturated rings. The fraction of sp³-hybridized carbons (Fsp3) is 0. The number of hydrogen-bond acceptors (Lipinski definition) is 5. The van der Waals surface area contributed by atoms with Crippen molar-refractivity contribution in [2.24, 2.45) is 0 Å². The zero-order valence-corrected chi connectivity index (χ0v) is 13.1. The normalized spacial score (nSPS) is 10.6. The second kappa shape index (κ2) is 6.40. The Bertz CT molecular complexity index is 1040. The largest absolute Gasteiger partial charge is 0.457 e. The van der Waals surface area contributed by atoms with Gasteiger partial charge >= 0.3 is 0 Å². The summed E-state index contributed by atoms with van der Waals surface area (Å²) < 4.78 is 5.83. The fourth-order valence-corrected chi connectivity index (χ4v) is 2.42. The number of benzene rings is 2. The molecule has 2 aromatic heterocycles. The second-order valence-electron chi connectivity index (χ2n) is 5.20. The standard InChI is InChI=1S/C18H13N5O2/c24-18-17(9-10-20-23(18)22-13-19-12-21-22)14-5-4-8-16(11-14)25-15-6-2-1-3-7-15/h1-13H. The third-order valence-electron chi connectivity index (χ3n) is 3.55. The number of hydrogen-bond donors (Lipinski definition) is 0. The summed E-state index contributed by atoms with van der Waals surface area (Å²) in [6.45, 7) is 0. The Hall–Kier alpha value is -3.74. The lowest BCUT2D eigenvalue weighted by molar-refractivity contribution is 0.478. The van der Waals surface area contributed by atoms with E-state index in [4.69, 9.17) is 4.74 Å². The molecule has 0 aliphatic carbocycles. The summed E-state index contributed by atoms with van der Waals surface area (Å²) in [5.74, 6) is 1.38. The minimum atomic E-state index is -0.301. The Kier molecular flexibility index (Phi) is 3.80. The van der Waals surface area contributed by atoms with Crippen molar-refractivity contribution in [3.63, 3.8) is 0 Å². The van der Waals surface area contributed by atoms with Gasteiger partial charge in [-0.15, -0.1) is 14.7 Å². The van der Waals surface area contributed by atoms with Crippen LogP contribution in [0.2, 0.25) is 0 Å². The first kappa shape index (κ1) is 14.8. The number of nitrogens with zero attached hydrogens (tertiary/aromatic N) is 5. The van der Waals surface area contributed by atoms with Crippen LogP contribution in [0.1, 0.15) is 0 Å². The summed E-state index contributed by atoms with van der Waals surface area (Å²) >= 11 is 0. The van der Waals surface area contributed by atoms with E-state index in [1.807, 2.05) is 54.6 Å². The Labute approximate surface area is 142 Å². The van der Waals surface area contributed by atoms with Gasteiger partial charge in [0.15, 0.2) is 0 Å². The first-order chi connectivity index (χ1) is 12.3. The van der Waals surface area contributed by atoms with Crippen LogP contribution in [-0.2, 0) is 0 Å². The Morgan fingerprint density at radius 1 is 0.880 bits per heavy atom. The van der Waals surface area contributed by atoms with Crippen molar-refractivity contribution in [1.82, 2.24) is 24.8 Å². The number of rotatable bonds is 4. The lowest BCUT2D eigenvalue weighted by Crippen LogP contribution is -2.29. The minimum Gasteiger partial charge on any atom is -0.457 e. The van der Waals surface area contributed by atoms with Gasteiger partial charge in [-0.2, -0.15) is 5.10 Å². The molecule has 0 spiro atoms. The average Bonchev–Trinajstić information content (AvgIpc) is 3.17. The van der Waals surface area contributed by atoms with E-state index in [1.165, 1.54) is 17.4 Å². The molecule has 122 valence electrons. The van der Waals surface area contributed by atoms with E-state index in [1.54, 1.807) is 12.3 Å². The first-order valence-corrected chi connectivity index (χ1v) is 7.58. The molecule has 0 saturated heterocycles. The van der Waals surface area contributed by atoms with Gasteiger partial charge in [-0.05, 0) is 35.9 Å². The monoisotopic (exact) mass is 331 g/mol. The summed E-state index contributed by atoms with van der Waals surface area (Å²) in [6.07, 6.45) is 4.30. The lowest BCUT2D eigenvalue weighted by Gasteiger charge is -2.09. The number of ether oxygens (including phenoxy) is 1. The highest BCUT2D eigenvalue weighted by atomic mass is 16.5. The molecule has 0 radical (unpaired) electrons. The molecular formula is C18H13N5O2. The Morgan fingerprint density at radius 2 is 1.72 bits per heavy atom. The highest BCUT2D eigenvalue weighted by molar-refractivity contribution is 5.63. The van der Waals surface area contributed by atoms with E-state index < -0.39 is 0 Å². The van der Waals surface area contributed by atoms with Crippen LogP contribution >= 0.6 is 0 Å². The van der Waals surface area contributed by atoms with Crippen molar-refractivity contribution in [3.8, 4) is 22.6 Å². The number of aromatic nitrogens is 5. The molecule has 7 nitrogen and oxygen atoms in total. The fourth-order valence-electron chi connectivity index (χ4n) is 2.42. The molecule has 0 atom stereocenters. The van der Waals surface area contributed by atoms with Crippen molar-refractivity contribution in [2.75, 3.05) is 0 Å². The minimum absolute atomic E-state index is 0.301. The predicted octanol–water partition coefficient (Wildman–Crippen LogP) is 2.61. The molecule has 2 aromatic carbocycles. The highest BCUT2D eigenvalue weighted by Crippen LogP contribution is 2.25. The maximum atomic E-state index is 12.7. The van der Waals surface area contributed by atoms with Gasteiger partial charge in [0.25, 0.3) is 5.56 Å². The molecule has 0 amide bonds. The number of para-hydroxylation sites is 1. The van der Waals surface area contributed by atoms with Gasteiger partial charge in [-0.1, -0.05) is 30.3 Å². The molecule has 7 heteroatoms. The van der Waals surface area contributed by atoms with Crippen LogP contribution in [0.15, 0.2) is 84.3 Å². The van der Waals surface area contributed by atoms with Crippen LogP contribution in [0.3, 0.4) is 0 Å². The topological polar surface area (TPSA) is 74.8 Å². The van der Waals surface area contributed by atoms with E-state index in [0.29, 0.717) is 11.3 Å². The van der Waals surface area contributed by atoms with E-state index in [-0.39, 0.29) is 5.56 Å². The second-order valence-corrected chi connectivity index (χ2v) is 5.20. The van der Waals surface area contributed by atoms with Crippen LogP contribution in [0.5, 0.6) is 11.5 Å². The van der Waals surface area contributed by atoms with E-state index >= 15 is 0 Å². The van der Waals surface area contributed by atoms with Crippen LogP contribution < -0.4 is 10.3 Å². The van der Waals surface area contributed by atoms with E-state index in [0.717, 1.165) is 16.1 Å². The molecule has 0 N–H and O–H groups in total. The predicted molar refractivity (Wildman–Crippen MR) is 91.3 cm³/mol. The maximum Gasteiger partial charge on any atom is 0.295 e. The van der Waals surface area contributed by atoms with Crippen molar-refractivity contribution in [3.05, 3.63) is 89.9 Å². The molecule has 0 bridgehead atoms. The lowest BCUT2D eigenvalue weighted by atomic mass is 10.1. The quantitative estimate of drug-likeness (QED) is 0.574. The summed E-state index contributed by atoms with van der Waals surface area (Å²) in [7, 11) is 0. The van der Waals surface area contributed by atoms with Crippen molar-refractivity contribution < 1.29 is 4.74 Å². The average molecular weight is 331 g/mol. The van der Waals surface area contributed by atoms with Gasteiger partial charge in [0, 0.05) is 0 Å². The zero-order chi connectivity index (χ0) is 17.1. The van der Waals surface area contributed by atoms with Crippen LogP contribution in [-0.4, -0.2) is 24.8 Å². The van der Waals surface area contributed by atoms with E-state index in [9.17, 15) is 4.79 Å². The maximum absolute atomic E-state index is 12.7. The van der Waals surface area contributed by atoms with Gasteiger partial charge in [-0.3, -0.25) is 4.79 Å². The van der Waals surface area contributed by atoms with Gasteiger partial charge in [0.1, 0.15) is 24.2 Å². The molecule has 2 heterocycles. The first-order valence-electron chi connectivity index (χ1n) is 7.58. The zero-order valence-electron chi connectivity index (χ0n) is 13.1. The smallest absolute Gasteiger partial charge is 0.295 e. The SMILES string of the molecule is O=c1c(-c2cccc(Oc3ccccc3)c2)ccnn1-n1cncn1. The van der Waals surface area contributed by atoms with Gasteiger partial charge in [0.05, 0.1) is 11.8 Å². The third kappa shape index (κ3) is 3.02. The Balaban J connectivity index is 1.72. The van der Waals surface area contributed by atoms with Crippen molar-refractivity contribution >= 4 is 0 Å². The summed E-state index contributed by atoms with van der Waals surface area (Å²) in [5, 5.41) is 7.97. The summed E-state index contributed by atoms with van der Waals surface area (Å²) in [6, 6.07) is 18.5. The molecule has 0 aliphatic heterocycles. The molecule has 4 aromatic rings. The summed E-state index contributed by atoms with van der Waals surface area (Å²) in [4.78, 5) is 19.0. The molecule has 0 saturated carbocycles. The van der Waals surface area contributed by atoms with Gasteiger partial charge in [0.2, 0.25) is 0 Å². The third-order valence-corrected chi connectivity index (χ3v) is 3.55. The Morgan fingerprint density at radius 3 is 2.52 bits per heavy atom. The summed E-state index contributed by atoms with van der Waals surface area (Å²) in [5.41, 5.74) is 0.920. The molecule has 25 heavy (non-hydrogen) atoms. The van der Waals surface area contributed by atoms with Crippen LogP contribution in [0.4, 0.5) is 0 Å². The molecule has 4 rings (SSSR count). The van der Waals surface area contributed by atoms with Crippen molar-refractivity contribution in [1.29, 1.82) is 0 Å². The van der Waals surface area contributed by atoms with Gasteiger partial charge in [-0.25, -0.2) is 4.98 Å². The van der Waals surface area contributed by atoms with E-state index in [2.05, 4.69) is 15.2 Å². The van der Waals surface area contributed by atoms with Gasteiger partial charge < -0.3 is 4.74 Å².